The maximum atomic E-state index is 9.67. The van der Waals surface area contributed by atoms with Crippen LogP contribution in [0.25, 0.3) is 0 Å². The largest absolute Gasteiger partial charge is 0.508 e. The first kappa shape index (κ1) is 11.3. The third-order valence-electron chi connectivity index (χ3n) is 2.19. The Hall–Kier alpha value is -0.740. The Bertz CT molecular complexity index is 328. The lowest BCUT2D eigenvalue weighted by atomic mass is 10.00. The molecule has 0 heterocycles. The van der Waals surface area contributed by atoms with Gasteiger partial charge in [0.25, 0.3) is 0 Å². The van der Waals surface area contributed by atoms with Gasteiger partial charge in [0.05, 0.1) is 11.6 Å². The van der Waals surface area contributed by atoms with Crippen molar-refractivity contribution in [2.75, 3.05) is 13.7 Å². The molecule has 0 fully saturated rings. The van der Waals surface area contributed by atoms with E-state index in [9.17, 15) is 5.11 Å². The van der Waals surface area contributed by atoms with Crippen LogP contribution in [0.15, 0.2) is 16.6 Å². The minimum absolute atomic E-state index is 0.0967. The highest BCUT2D eigenvalue weighted by Crippen LogP contribution is 2.38. The van der Waals surface area contributed by atoms with E-state index in [1.54, 1.807) is 19.2 Å². The Morgan fingerprint density at radius 1 is 1.57 bits per heavy atom. The average Bonchev–Trinajstić information content (AvgIpc) is 2.18. The molecule has 0 saturated heterocycles. The van der Waals surface area contributed by atoms with Gasteiger partial charge in [-0.3, -0.25) is 0 Å². The summed E-state index contributed by atoms with van der Waals surface area (Å²) in [5, 5.41) is 9.67. The number of rotatable bonds is 3. The monoisotopic (exact) mass is 259 g/mol. The summed E-state index contributed by atoms with van der Waals surface area (Å²) in [7, 11) is 1.59. The number of benzene rings is 1. The highest BCUT2D eigenvalue weighted by Gasteiger charge is 2.16. The van der Waals surface area contributed by atoms with Crippen molar-refractivity contribution < 1.29 is 9.84 Å². The van der Waals surface area contributed by atoms with Gasteiger partial charge in [0.2, 0.25) is 0 Å². The van der Waals surface area contributed by atoms with Gasteiger partial charge in [-0.25, -0.2) is 0 Å². The first-order valence-corrected chi connectivity index (χ1v) is 5.16. The van der Waals surface area contributed by atoms with Crippen LogP contribution in [0.2, 0.25) is 0 Å². The number of nitrogens with two attached hydrogens (primary N) is 1. The maximum absolute atomic E-state index is 9.67. The van der Waals surface area contributed by atoms with E-state index in [-0.39, 0.29) is 11.7 Å². The Morgan fingerprint density at radius 2 is 2.21 bits per heavy atom. The van der Waals surface area contributed by atoms with E-state index < -0.39 is 0 Å². The minimum Gasteiger partial charge on any atom is -0.508 e. The lowest BCUT2D eigenvalue weighted by molar-refractivity contribution is 0.406. The zero-order valence-electron chi connectivity index (χ0n) is 8.25. The number of ether oxygens (including phenoxy) is 1. The second-order valence-electron chi connectivity index (χ2n) is 3.15. The third kappa shape index (κ3) is 2.01. The zero-order valence-corrected chi connectivity index (χ0v) is 9.84. The number of phenols is 1. The highest BCUT2D eigenvalue weighted by atomic mass is 79.9. The number of phenolic OH excluding ortho intramolecular Hbond substituents is 1. The number of aromatic hydroxyl groups is 1. The van der Waals surface area contributed by atoms with Crippen molar-refractivity contribution in [2.24, 2.45) is 5.73 Å². The molecule has 0 bridgehead atoms. The van der Waals surface area contributed by atoms with Crippen LogP contribution in [0.1, 0.15) is 18.4 Å². The van der Waals surface area contributed by atoms with Crippen molar-refractivity contribution in [3.05, 3.63) is 22.2 Å². The fourth-order valence-corrected chi connectivity index (χ4v) is 2.19. The predicted molar refractivity (Wildman–Crippen MR) is 59.8 cm³/mol. The Kier molecular flexibility index (Phi) is 3.77. The van der Waals surface area contributed by atoms with Gasteiger partial charge in [0.1, 0.15) is 11.5 Å². The van der Waals surface area contributed by atoms with Gasteiger partial charge >= 0.3 is 0 Å². The van der Waals surface area contributed by atoms with E-state index in [1.165, 1.54) is 0 Å². The first-order valence-electron chi connectivity index (χ1n) is 4.37. The molecule has 0 amide bonds. The van der Waals surface area contributed by atoms with E-state index in [2.05, 4.69) is 15.9 Å². The lowest BCUT2D eigenvalue weighted by Gasteiger charge is -2.15. The lowest BCUT2D eigenvalue weighted by Crippen LogP contribution is -2.10. The Labute approximate surface area is 92.0 Å². The molecule has 0 aliphatic carbocycles. The van der Waals surface area contributed by atoms with Crippen LogP contribution in [0, 0.1) is 0 Å². The second-order valence-corrected chi connectivity index (χ2v) is 3.94. The number of hydrogen-bond donors (Lipinski definition) is 2. The molecule has 1 rings (SSSR count). The third-order valence-corrected chi connectivity index (χ3v) is 3.01. The summed E-state index contributed by atoms with van der Waals surface area (Å²) in [5.74, 6) is 1.05. The van der Waals surface area contributed by atoms with Crippen molar-refractivity contribution in [1.29, 1.82) is 0 Å². The molecular weight excluding hydrogens is 246 g/mol. The summed E-state index contributed by atoms with van der Waals surface area (Å²) in [4.78, 5) is 0. The fourth-order valence-electron chi connectivity index (χ4n) is 1.31. The van der Waals surface area contributed by atoms with Crippen molar-refractivity contribution in [1.82, 2.24) is 0 Å². The van der Waals surface area contributed by atoms with Crippen molar-refractivity contribution in [2.45, 2.75) is 12.8 Å². The SMILES string of the molecule is COc1ccc(O)c(C(C)CN)c1Br. The Balaban J connectivity index is 3.25. The molecule has 1 aromatic carbocycles. The summed E-state index contributed by atoms with van der Waals surface area (Å²) in [6, 6.07) is 3.33. The predicted octanol–water partition coefficient (Wildman–Crippen LogP) is 2.23. The summed E-state index contributed by atoms with van der Waals surface area (Å²) >= 11 is 3.39. The van der Waals surface area contributed by atoms with Crippen LogP contribution in [0.4, 0.5) is 0 Å². The van der Waals surface area contributed by atoms with Crippen LogP contribution in [0.5, 0.6) is 11.5 Å². The zero-order chi connectivity index (χ0) is 10.7. The summed E-state index contributed by atoms with van der Waals surface area (Å²) in [6.07, 6.45) is 0. The molecule has 4 heteroatoms. The second kappa shape index (κ2) is 4.66. The van der Waals surface area contributed by atoms with Crippen LogP contribution in [-0.2, 0) is 0 Å². The molecule has 0 saturated carbocycles. The van der Waals surface area contributed by atoms with E-state index >= 15 is 0 Å². The molecule has 78 valence electrons. The molecule has 14 heavy (non-hydrogen) atoms. The Morgan fingerprint density at radius 3 is 2.71 bits per heavy atom. The number of methoxy groups -OCH3 is 1. The molecule has 0 aromatic heterocycles. The summed E-state index contributed by atoms with van der Waals surface area (Å²) < 4.78 is 5.91. The van der Waals surface area contributed by atoms with Crippen LogP contribution in [-0.4, -0.2) is 18.8 Å². The fraction of sp³-hybridized carbons (Fsp3) is 0.400. The van der Waals surface area contributed by atoms with Gasteiger partial charge in [-0.2, -0.15) is 0 Å². The van der Waals surface area contributed by atoms with Crippen LogP contribution >= 0.6 is 15.9 Å². The van der Waals surface area contributed by atoms with Gasteiger partial charge < -0.3 is 15.6 Å². The minimum atomic E-state index is 0.0967. The normalized spacial score (nSPS) is 12.6. The van der Waals surface area contributed by atoms with E-state index in [0.29, 0.717) is 12.3 Å². The number of hydrogen-bond acceptors (Lipinski definition) is 3. The molecule has 0 spiro atoms. The van der Waals surface area contributed by atoms with Gasteiger partial charge in [-0.15, -0.1) is 0 Å². The topological polar surface area (TPSA) is 55.5 Å². The van der Waals surface area contributed by atoms with Crippen molar-refractivity contribution in [3.63, 3.8) is 0 Å². The van der Waals surface area contributed by atoms with E-state index in [0.717, 1.165) is 10.0 Å². The average molecular weight is 260 g/mol. The quantitative estimate of drug-likeness (QED) is 0.876. The molecule has 3 nitrogen and oxygen atoms in total. The van der Waals surface area contributed by atoms with Crippen LogP contribution in [0.3, 0.4) is 0 Å². The number of halogens is 1. The van der Waals surface area contributed by atoms with Crippen molar-refractivity contribution >= 4 is 15.9 Å². The molecule has 1 atom stereocenters. The van der Waals surface area contributed by atoms with Crippen LogP contribution < -0.4 is 10.5 Å². The van der Waals surface area contributed by atoms with Gasteiger partial charge in [0.15, 0.2) is 0 Å². The smallest absolute Gasteiger partial charge is 0.133 e. The molecule has 0 aliphatic rings. The van der Waals surface area contributed by atoms with E-state index in [1.807, 2.05) is 6.92 Å². The molecular formula is C10H14BrNO2. The highest BCUT2D eigenvalue weighted by molar-refractivity contribution is 9.10. The molecule has 0 radical (unpaired) electrons. The van der Waals surface area contributed by atoms with Crippen molar-refractivity contribution in [3.8, 4) is 11.5 Å². The maximum Gasteiger partial charge on any atom is 0.133 e. The summed E-state index contributed by atoms with van der Waals surface area (Å²) in [5.41, 5.74) is 6.36. The van der Waals surface area contributed by atoms with Gasteiger partial charge in [-0.05, 0) is 40.5 Å². The molecule has 1 unspecified atom stereocenters. The van der Waals surface area contributed by atoms with Gasteiger partial charge in [0, 0.05) is 5.56 Å². The molecule has 3 N–H and O–H groups in total. The standard InChI is InChI=1S/C10H14BrNO2/c1-6(5-12)9-7(13)3-4-8(14-2)10(9)11/h3-4,6,13H,5,12H2,1-2H3. The molecule has 1 aromatic rings. The summed E-state index contributed by atoms with van der Waals surface area (Å²) in [6.45, 7) is 2.44. The first-order chi connectivity index (χ1) is 6.61. The van der Waals surface area contributed by atoms with E-state index in [4.69, 9.17) is 10.5 Å². The molecule has 0 aliphatic heterocycles. The van der Waals surface area contributed by atoms with Gasteiger partial charge in [-0.1, -0.05) is 6.92 Å².